The molecule has 182 valence electrons. The molecule has 0 saturated heterocycles. The van der Waals surface area contributed by atoms with Crippen LogP contribution in [0.5, 0.6) is 11.5 Å². The van der Waals surface area contributed by atoms with Crippen molar-refractivity contribution in [2.75, 3.05) is 0 Å². The van der Waals surface area contributed by atoms with E-state index in [0.717, 1.165) is 11.5 Å². The summed E-state index contributed by atoms with van der Waals surface area (Å²) in [4.78, 5) is 0. The zero-order valence-electron chi connectivity index (χ0n) is 21.1. The van der Waals surface area contributed by atoms with Gasteiger partial charge in [-0.25, -0.2) is 0 Å². The van der Waals surface area contributed by atoms with E-state index in [4.69, 9.17) is 4.74 Å². The number of hydrogen-bond donors (Lipinski definition) is 0. The summed E-state index contributed by atoms with van der Waals surface area (Å²) in [6.45, 7) is 0. The lowest BCUT2D eigenvalue weighted by molar-refractivity contribution is -0.945. The van der Waals surface area contributed by atoms with Crippen molar-refractivity contribution in [3.05, 3.63) is 121 Å². The van der Waals surface area contributed by atoms with Gasteiger partial charge in [0.05, 0.1) is 32.7 Å². The minimum atomic E-state index is -0.569. The van der Waals surface area contributed by atoms with Crippen molar-refractivity contribution < 1.29 is 13.9 Å². The van der Waals surface area contributed by atoms with E-state index in [2.05, 4.69) is 128 Å². The Bertz CT molecular complexity index is 2750. The number of aromatic nitrogens is 4. The predicted molar refractivity (Wildman–Crippen MR) is 154 cm³/mol. The van der Waals surface area contributed by atoms with Gasteiger partial charge in [0.2, 0.25) is 11.0 Å². The van der Waals surface area contributed by atoms with E-state index in [1.54, 1.807) is 0 Å². The third-order valence-corrected chi connectivity index (χ3v) is 9.89. The molecule has 5 nitrogen and oxygen atoms in total. The quantitative estimate of drug-likeness (QED) is 0.168. The number of rotatable bonds is 0. The number of pyridine rings is 4. The Morgan fingerprint density at radius 3 is 2.30 bits per heavy atom. The smallest absolute Gasteiger partial charge is 0.425 e. The van der Waals surface area contributed by atoms with E-state index in [1.165, 1.54) is 76.5 Å². The van der Waals surface area contributed by atoms with Crippen molar-refractivity contribution in [2.45, 2.75) is 5.66 Å². The Morgan fingerprint density at radius 2 is 1.35 bits per heavy atom. The van der Waals surface area contributed by atoms with Gasteiger partial charge in [-0.2, -0.15) is 0 Å². The summed E-state index contributed by atoms with van der Waals surface area (Å²) in [7, 11) is 0. The maximum atomic E-state index is 6.84. The molecule has 9 aromatic rings. The monoisotopic (exact) mass is 510 g/mol. The lowest BCUT2D eigenvalue weighted by Gasteiger charge is -2.26. The normalized spacial score (nSPS) is 17.8. The SMILES string of the molecule is c1ccc2c(c1)cn1c3ccc[n+]4c3c3c5c(ccc3c21)Oc1ccc2c3c1C54[n+]1cccc(c4cccn42)c31. The topological polar surface area (TPSA) is 25.8 Å². The first-order valence-electron chi connectivity index (χ1n) is 13.8. The number of hydrogen-bond acceptors (Lipinski definition) is 1. The summed E-state index contributed by atoms with van der Waals surface area (Å²) in [5, 5.41) is 7.62. The third-order valence-electron chi connectivity index (χ3n) is 9.89. The van der Waals surface area contributed by atoms with Gasteiger partial charge in [-0.05, 0) is 48.5 Å². The minimum Gasteiger partial charge on any atom is -0.456 e. The number of fused-ring (bicyclic) bond motifs is 8. The van der Waals surface area contributed by atoms with Crippen molar-refractivity contribution in [3.63, 3.8) is 0 Å². The molecule has 0 N–H and O–H groups in total. The Balaban J connectivity index is 1.42. The number of nitrogens with zero attached hydrogens (tertiary/aromatic N) is 4. The van der Waals surface area contributed by atoms with Gasteiger partial charge in [-0.3, -0.25) is 0 Å². The molecule has 0 aliphatic carbocycles. The first-order chi connectivity index (χ1) is 19.9. The van der Waals surface area contributed by atoms with Gasteiger partial charge in [0, 0.05) is 40.7 Å². The molecule has 1 atom stereocenters. The zero-order chi connectivity index (χ0) is 25.5. The van der Waals surface area contributed by atoms with Crippen LogP contribution in [0.2, 0.25) is 0 Å². The first-order valence-corrected chi connectivity index (χ1v) is 13.8. The van der Waals surface area contributed by atoms with E-state index in [1.807, 2.05) is 0 Å². The van der Waals surface area contributed by atoms with Crippen molar-refractivity contribution in [3.8, 4) is 11.5 Å². The van der Waals surface area contributed by atoms with Crippen molar-refractivity contribution >= 4 is 65.4 Å². The molecule has 0 radical (unpaired) electrons. The largest absolute Gasteiger partial charge is 0.456 e. The van der Waals surface area contributed by atoms with Gasteiger partial charge >= 0.3 is 5.66 Å². The second-order valence-corrected chi connectivity index (χ2v) is 11.4. The molecule has 12 rings (SSSR count). The highest BCUT2D eigenvalue weighted by atomic mass is 16.5. The third kappa shape index (κ3) is 1.62. The van der Waals surface area contributed by atoms with Gasteiger partial charge in [0.15, 0.2) is 23.5 Å². The van der Waals surface area contributed by atoms with Crippen LogP contribution in [0, 0.1) is 0 Å². The molecule has 40 heavy (non-hydrogen) atoms. The van der Waals surface area contributed by atoms with Crippen LogP contribution in [0.3, 0.4) is 0 Å². The van der Waals surface area contributed by atoms with Gasteiger partial charge in [-0.15, -0.1) is 9.13 Å². The van der Waals surface area contributed by atoms with Gasteiger partial charge < -0.3 is 13.5 Å². The van der Waals surface area contributed by atoms with Crippen LogP contribution in [-0.2, 0) is 5.66 Å². The summed E-state index contributed by atoms with van der Waals surface area (Å²) >= 11 is 0. The van der Waals surface area contributed by atoms with Crippen LogP contribution in [0.1, 0.15) is 11.1 Å². The molecule has 5 heteroatoms. The van der Waals surface area contributed by atoms with Crippen LogP contribution in [0.15, 0.2) is 110 Å². The van der Waals surface area contributed by atoms with Crippen molar-refractivity contribution in [2.24, 2.45) is 0 Å². The Morgan fingerprint density at radius 1 is 0.575 bits per heavy atom. The van der Waals surface area contributed by atoms with Crippen LogP contribution in [-0.4, -0.2) is 8.80 Å². The number of ether oxygens (including phenoxy) is 1. The standard InChI is InChI=1S/C35H18N4O/c1-2-7-20-19(6-1)18-37-25-10-5-17-39-34(25)28-22(32(20)37)11-13-26-30(28)35(39)31-27(40-26)14-12-24-29(31)33-21(8-3-16-38(33)35)23-9-4-15-36(23)24/h1-18H/q+2. The molecule has 0 saturated carbocycles. The van der Waals surface area contributed by atoms with Crippen LogP contribution < -0.4 is 13.9 Å². The molecule has 1 spiro atoms. The number of benzene rings is 3. The molecule has 0 bridgehead atoms. The van der Waals surface area contributed by atoms with E-state index in [-0.39, 0.29) is 0 Å². The van der Waals surface area contributed by atoms with E-state index < -0.39 is 5.66 Å². The summed E-state index contributed by atoms with van der Waals surface area (Å²) < 4.78 is 16.6. The molecule has 3 aliphatic rings. The molecule has 9 heterocycles. The fourth-order valence-electron chi connectivity index (χ4n) is 8.63. The second kappa shape index (κ2) is 5.63. The maximum absolute atomic E-state index is 6.84. The summed E-state index contributed by atoms with van der Waals surface area (Å²) in [6, 6.07) is 30.9. The zero-order valence-corrected chi connectivity index (χ0v) is 21.1. The Hall–Kier alpha value is -5.42. The van der Waals surface area contributed by atoms with Crippen LogP contribution in [0.25, 0.3) is 65.4 Å². The lowest BCUT2D eigenvalue weighted by atomic mass is 9.86. The minimum absolute atomic E-state index is 0.569. The highest BCUT2D eigenvalue weighted by Gasteiger charge is 2.69. The van der Waals surface area contributed by atoms with Gasteiger partial charge in [0.25, 0.3) is 0 Å². The van der Waals surface area contributed by atoms with Crippen LogP contribution >= 0.6 is 0 Å². The summed E-state index contributed by atoms with van der Waals surface area (Å²) in [5.74, 6) is 1.87. The maximum Gasteiger partial charge on any atom is 0.425 e. The van der Waals surface area contributed by atoms with E-state index in [0.29, 0.717) is 0 Å². The van der Waals surface area contributed by atoms with Crippen molar-refractivity contribution in [1.82, 2.24) is 8.80 Å². The summed E-state index contributed by atoms with van der Waals surface area (Å²) in [5.41, 5.74) is 9.34. The highest BCUT2D eigenvalue weighted by Crippen LogP contribution is 2.57. The average Bonchev–Trinajstić information content (AvgIpc) is 3.77. The molecule has 0 fully saturated rings. The average molecular weight is 511 g/mol. The lowest BCUT2D eigenvalue weighted by Crippen LogP contribution is -2.72. The molecular formula is C35H18N4O+2. The molecular weight excluding hydrogens is 492 g/mol. The Kier molecular flexibility index (Phi) is 2.64. The fourth-order valence-corrected chi connectivity index (χ4v) is 8.63. The van der Waals surface area contributed by atoms with E-state index >= 15 is 0 Å². The van der Waals surface area contributed by atoms with E-state index in [9.17, 15) is 0 Å². The summed E-state index contributed by atoms with van der Waals surface area (Å²) in [6.07, 6.45) is 9.03. The highest BCUT2D eigenvalue weighted by molar-refractivity contribution is 6.21. The van der Waals surface area contributed by atoms with Crippen LogP contribution in [0.4, 0.5) is 0 Å². The van der Waals surface area contributed by atoms with Gasteiger partial charge in [0.1, 0.15) is 17.0 Å². The Labute approximate surface area is 225 Å². The molecule has 0 amide bonds. The molecule has 3 aliphatic heterocycles. The molecule has 6 aromatic heterocycles. The van der Waals surface area contributed by atoms with Crippen molar-refractivity contribution in [1.29, 1.82) is 0 Å². The van der Waals surface area contributed by atoms with Gasteiger partial charge in [-0.1, -0.05) is 24.3 Å². The predicted octanol–water partition coefficient (Wildman–Crippen LogP) is 6.56. The first kappa shape index (κ1) is 18.8. The fraction of sp³-hybridized carbons (Fsp3) is 0.0286. The molecule has 1 unspecified atom stereocenters. The second-order valence-electron chi connectivity index (χ2n) is 11.4. The molecule has 3 aromatic carbocycles.